The molecule has 2 heterocycles. The molecule has 1 atom stereocenters. The topological polar surface area (TPSA) is 47.2 Å². The Kier molecular flexibility index (Phi) is 5.07. The molecule has 0 spiro atoms. The van der Waals surface area contributed by atoms with Gasteiger partial charge in [-0.3, -0.25) is 4.79 Å². The SMILES string of the molecule is CC[C@H]1CCCCN1C(=O)CSc1cccc[n+]1[O-]. The number of piperidine rings is 1. The van der Waals surface area contributed by atoms with Gasteiger partial charge in [0, 0.05) is 24.7 Å². The Bertz CT molecular complexity index is 439. The van der Waals surface area contributed by atoms with Crippen LogP contribution in [0.1, 0.15) is 32.6 Å². The maximum atomic E-state index is 12.2. The lowest BCUT2D eigenvalue weighted by Crippen LogP contribution is -2.44. The third-order valence-corrected chi connectivity index (χ3v) is 4.55. The van der Waals surface area contributed by atoms with Gasteiger partial charge < -0.3 is 10.1 Å². The minimum Gasteiger partial charge on any atom is -0.618 e. The smallest absolute Gasteiger partial charge is 0.251 e. The van der Waals surface area contributed by atoms with Crippen LogP contribution in [0.5, 0.6) is 0 Å². The number of thioether (sulfide) groups is 1. The molecule has 1 aliphatic rings. The molecule has 2 rings (SSSR count). The zero-order valence-electron chi connectivity index (χ0n) is 11.2. The van der Waals surface area contributed by atoms with E-state index in [1.807, 2.05) is 11.0 Å². The maximum absolute atomic E-state index is 12.2. The Labute approximate surface area is 118 Å². The summed E-state index contributed by atoms with van der Waals surface area (Å²) in [5.41, 5.74) is 0. The third-order valence-electron chi connectivity index (χ3n) is 3.55. The van der Waals surface area contributed by atoms with Crippen molar-refractivity contribution in [1.29, 1.82) is 0 Å². The number of carbonyl (C=O) groups excluding carboxylic acids is 1. The van der Waals surface area contributed by atoms with Crippen molar-refractivity contribution in [3.05, 3.63) is 29.6 Å². The zero-order chi connectivity index (χ0) is 13.7. The summed E-state index contributed by atoms with van der Waals surface area (Å²) in [6.45, 7) is 3.00. The molecule has 1 amide bonds. The van der Waals surface area contributed by atoms with Crippen molar-refractivity contribution in [1.82, 2.24) is 4.90 Å². The molecule has 1 saturated heterocycles. The van der Waals surface area contributed by atoms with E-state index < -0.39 is 0 Å². The molecule has 1 aromatic heterocycles. The summed E-state index contributed by atoms with van der Waals surface area (Å²) in [6, 6.07) is 5.64. The molecule has 19 heavy (non-hydrogen) atoms. The highest BCUT2D eigenvalue weighted by molar-refractivity contribution is 7.99. The minimum absolute atomic E-state index is 0.153. The maximum Gasteiger partial charge on any atom is 0.251 e. The van der Waals surface area contributed by atoms with E-state index in [2.05, 4.69) is 6.92 Å². The second kappa shape index (κ2) is 6.80. The molecule has 0 saturated carbocycles. The predicted molar refractivity (Wildman–Crippen MR) is 75.8 cm³/mol. The summed E-state index contributed by atoms with van der Waals surface area (Å²) >= 11 is 1.32. The molecule has 0 aromatic carbocycles. The summed E-state index contributed by atoms with van der Waals surface area (Å²) in [6.07, 6.45) is 5.90. The van der Waals surface area contributed by atoms with Crippen LogP contribution in [0.4, 0.5) is 0 Å². The van der Waals surface area contributed by atoms with Crippen LogP contribution in [0.2, 0.25) is 0 Å². The van der Waals surface area contributed by atoms with Crippen LogP contribution >= 0.6 is 11.8 Å². The lowest BCUT2D eigenvalue weighted by atomic mass is 10.0. The van der Waals surface area contributed by atoms with Gasteiger partial charge in [-0.1, -0.05) is 6.92 Å². The van der Waals surface area contributed by atoms with Crippen molar-refractivity contribution < 1.29 is 9.52 Å². The molecular formula is C14H20N2O2S. The van der Waals surface area contributed by atoms with E-state index in [0.29, 0.717) is 16.8 Å². The summed E-state index contributed by atoms with van der Waals surface area (Å²) in [5.74, 6) is 0.503. The fourth-order valence-electron chi connectivity index (χ4n) is 2.50. The first-order valence-electron chi connectivity index (χ1n) is 6.83. The second-order valence-electron chi connectivity index (χ2n) is 4.80. The number of carbonyl (C=O) groups is 1. The quantitative estimate of drug-likeness (QED) is 0.482. The van der Waals surface area contributed by atoms with Crippen molar-refractivity contribution in [3.63, 3.8) is 0 Å². The van der Waals surface area contributed by atoms with Crippen molar-refractivity contribution in [2.24, 2.45) is 0 Å². The number of amides is 1. The van der Waals surface area contributed by atoms with Crippen molar-refractivity contribution in [2.75, 3.05) is 12.3 Å². The summed E-state index contributed by atoms with van der Waals surface area (Å²) < 4.78 is 0.811. The Morgan fingerprint density at radius 1 is 1.53 bits per heavy atom. The number of nitrogens with zero attached hydrogens (tertiary/aromatic N) is 2. The summed E-state index contributed by atoms with van der Waals surface area (Å²) in [4.78, 5) is 14.2. The van der Waals surface area contributed by atoms with E-state index in [1.54, 1.807) is 12.1 Å². The molecule has 104 valence electrons. The van der Waals surface area contributed by atoms with Crippen LogP contribution in [-0.4, -0.2) is 29.1 Å². The summed E-state index contributed by atoms with van der Waals surface area (Å²) in [5, 5.41) is 12.1. The molecule has 5 heteroatoms. The first kappa shape index (κ1) is 14.2. The van der Waals surface area contributed by atoms with Crippen LogP contribution in [0.3, 0.4) is 0 Å². The van der Waals surface area contributed by atoms with E-state index in [0.717, 1.165) is 30.5 Å². The van der Waals surface area contributed by atoms with E-state index in [9.17, 15) is 10.0 Å². The Morgan fingerprint density at radius 2 is 2.37 bits per heavy atom. The van der Waals surface area contributed by atoms with Gasteiger partial charge in [-0.25, -0.2) is 0 Å². The molecule has 0 unspecified atom stereocenters. The first-order valence-corrected chi connectivity index (χ1v) is 7.81. The highest BCUT2D eigenvalue weighted by Gasteiger charge is 2.25. The van der Waals surface area contributed by atoms with Gasteiger partial charge in [-0.2, -0.15) is 4.73 Å². The summed E-state index contributed by atoms with van der Waals surface area (Å²) in [7, 11) is 0. The molecular weight excluding hydrogens is 260 g/mol. The number of likely N-dealkylation sites (tertiary alicyclic amines) is 1. The fraction of sp³-hybridized carbons (Fsp3) is 0.571. The number of pyridine rings is 1. The van der Waals surface area contributed by atoms with Gasteiger partial charge in [-0.15, -0.1) is 0 Å². The van der Waals surface area contributed by atoms with Gasteiger partial charge in [-0.05, 0) is 43.5 Å². The second-order valence-corrected chi connectivity index (χ2v) is 5.79. The Morgan fingerprint density at radius 3 is 3.11 bits per heavy atom. The fourth-order valence-corrected chi connectivity index (χ4v) is 3.30. The average molecular weight is 280 g/mol. The van der Waals surface area contributed by atoms with Gasteiger partial charge in [0.1, 0.15) is 0 Å². The zero-order valence-corrected chi connectivity index (χ0v) is 12.1. The average Bonchev–Trinajstić information content (AvgIpc) is 2.46. The van der Waals surface area contributed by atoms with Crippen molar-refractivity contribution in [3.8, 4) is 0 Å². The van der Waals surface area contributed by atoms with Crippen LogP contribution in [-0.2, 0) is 4.79 Å². The molecule has 4 nitrogen and oxygen atoms in total. The highest BCUT2D eigenvalue weighted by atomic mass is 32.2. The normalized spacial score (nSPS) is 19.4. The van der Waals surface area contributed by atoms with E-state index in [1.165, 1.54) is 24.4 Å². The Hall–Kier alpha value is -1.23. The lowest BCUT2D eigenvalue weighted by Gasteiger charge is -2.35. The standard InChI is InChI=1S/C14H20N2O2S/c1-2-12-7-3-5-9-15(12)13(17)11-19-14-8-4-6-10-16(14)18/h4,6,8,10,12H,2-3,5,7,9,11H2,1H3/t12-/m0/s1. The Balaban J connectivity index is 1.92. The van der Waals surface area contributed by atoms with Crippen molar-refractivity contribution >= 4 is 17.7 Å². The number of hydrogen-bond donors (Lipinski definition) is 0. The van der Waals surface area contributed by atoms with Gasteiger partial charge >= 0.3 is 0 Å². The molecule has 1 aliphatic heterocycles. The highest BCUT2D eigenvalue weighted by Crippen LogP contribution is 2.21. The predicted octanol–water partition coefficient (Wildman–Crippen LogP) is 2.20. The van der Waals surface area contributed by atoms with Gasteiger partial charge in [0.05, 0.1) is 5.75 Å². The molecule has 0 N–H and O–H groups in total. The minimum atomic E-state index is 0.153. The van der Waals surface area contributed by atoms with Crippen LogP contribution < -0.4 is 4.73 Å². The number of hydrogen-bond acceptors (Lipinski definition) is 3. The largest absolute Gasteiger partial charge is 0.618 e. The molecule has 1 aromatic rings. The molecule has 1 fully saturated rings. The molecule has 0 radical (unpaired) electrons. The first-order chi connectivity index (χ1) is 9.22. The van der Waals surface area contributed by atoms with Crippen LogP contribution in [0.15, 0.2) is 29.4 Å². The van der Waals surface area contributed by atoms with Gasteiger partial charge in [0.15, 0.2) is 6.20 Å². The van der Waals surface area contributed by atoms with E-state index in [-0.39, 0.29) is 5.91 Å². The number of aromatic nitrogens is 1. The van der Waals surface area contributed by atoms with E-state index >= 15 is 0 Å². The van der Waals surface area contributed by atoms with E-state index in [4.69, 9.17) is 0 Å². The third kappa shape index (κ3) is 3.62. The molecule has 0 aliphatic carbocycles. The lowest BCUT2D eigenvalue weighted by molar-refractivity contribution is -0.645. The number of rotatable bonds is 4. The molecule has 0 bridgehead atoms. The van der Waals surface area contributed by atoms with Crippen LogP contribution in [0.25, 0.3) is 0 Å². The van der Waals surface area contributed by atoms with Crippen molar-refractivity contribution in [2.45, 2.75) is 43.7 Å². The monoisotopic (exact) mass is 280 g/mol. The van der Waals surface area contributed by atoms with Crippen LogP contribution in [0, 0.1) is 5.21 Å². The van der Waals surface area contributed by atoms with Gasteiger partial charge in [0.2, 0.25) is 5.91 Å². The van der Waals surface area contributed by atoms with Gasteiger partial charge in [0.25, 0.3) is 5.03 Å².